The summed E-state index contributed by atoms with van der Waals surface area (Å²) in [5, 5.41) is 0. The molecule has 4 aromatic rings. The highest BCUT2D eigenvalue weighted by Crippen LogP contribution is 2.47. The molecular weight excluding hydrogens is 496 g/mol. The smallest absolute Gasteiger partial charge is 0.127 e. The van der Waals surface area contributed by atoms with Gasteiger partial charge in [-0.15, -0.1) is 13.2 Å². The Hall–Kier alpha value is -4.70. The standard InChI is InChI=1S/C36H36O4/c1-5-7-25-39-33-23-15-11-19-29(33)35(27-17-9-13-21-31(27)37-3)36(28-18-10-14-22-32(28)38-4)30-20-12-16-24-34(30)40-26-8-6-2/h5-6,9-24H,1-2,7-8,25-26H2,3-4H3/b36-35+. The van der Waals surface area contributed by atoms with Gasteiger partial charge in [0.2, 0.25) is 0 Å². The molecule has 40 heavy (non-hydrogen) atoms. The lowest BCUT2D eigenvalue weighted by atomic mass is 9.84. The van der Waals surface area contributed by atoms with Gasteiger partial charge in [0.05, 0.1) is 27.4 Å². The Morgan fingerprint density at radius 3 is 1.12 bits per heavy atom. The first kappa shape index (κ1) is 28.3. The van der Waals surface area contributed by atoms with Crippen molar-refractivity contribution in [2.75, 3.05) is 27.4 Å². The van der Waals surface area contributed by atoms with Crippen LogP contribution in [-0.4, -0.2) is 27.4 Å². The minimum Gasteiger partial charge on any atom is -0.496 e. The molecule has 4 aromatic carbocycles. The summed E-state index contributed by atoms with van der Waals surface area (Å²) in [4.78, 5) is 0. The van der Waals surface area contributed by atoms with Gasteiger partial charge in [-0.25, -0.2) is 0 Å². The van der Waals surface area contributed by atoms with Crippen LogP contribution in [0, 0.1) is 0 Å². The van der Waals surface area contributed by atoms with Crippen molar-refractivity contribution in [1.29, 1.82) is 0 Å². The molecule has 0 aliphatic rings. The first-order valence-corrected chi connectivity index (χ1v) is 13.4. The van der Waals surface area contributed by atoms with Crippen LogP contribution in [0.3, 0.4) is 0 Å². The molecule has 4 nitrogen and oxygen atoms in total. The fraction of sp³-hybridized carbons (Fsp3) is 0.167. The monoisotopic (exact) mass is 532 g/mol. The zero-order chi connectivity index (χ0) is 28.2. The summed E-state index contributed by atoms with van der Waals surface area (Å²) in [5.74, 6) is 3.03. The number of rotatable bonds is 14. The average molecular weight is 533 g/mol. The highest BCUT2D eigenvalue weighted by Gasteiger charge is 2.25. The fourth-order valence-corrected chi connectivity index (χ4v) is 4.63. The molecule has 204 valence electrons. The van der Waals surface area contributed by atoms with Gasteiger partial charge in [0.25, 0.3) is 0 Å². The van der Waals surface area contributed by atoms with Gasteiger partial charge in [-0.05, 0) is 37.1 Å². The third-order valence-corrected chi connectivity index (χ3v) is 6.47. The van der Waals surface area contributed by atoms with Gasteiger partial charge < -0.3 is 18.9 Å². The van der Waals surface area contributed by atoms with Crippen molar-refractivity contribution >= 4 is 11.1 Å². The molecule has 4 rings (SSSR count). The summed E-state index contributed by atoms with van der Waals surface area (Å²) in [6.07, 6.45) is 5.19. The lowest BCUT2D eigenvalue weighted by Gasteiger charge is -2.24. The zero-order valence-electron chi connectivity index (χ0n) is 23.3. The Morgan fingerprint density at radius 2 is 0.800 bits per heavy atom. The maximum Gasteiger partial charge on any atom is 0.127 e. The minimum atomic E-state index is 0.519. The van der Waals surface area contributed by atoms with E-state index in [-0.39, 0.29) is 0 Å². The summed E-state index contributed by atoms with van der Waals surface area (Å²) >= 11 is 0. The van der Waals surface area contributed by atoms with Gasteiger partial charge in [-0.1, -0.05) is 84.9 Å². The average Bonchev–Trinajstić information content (AvgIpc) is 3.01. The van der Waals surface area contributed by atoms with Gasteiger partial charge in [-0.3, -0.25) is 0 Å². The van der Waals surface area contributed by atoms with E-state index < -0.39 is 0 Å². The highest BCUT2D eigenvalue weighted by molar-refractivity contribution is 6.08. The number of para-hydroxylation sites is 4. The first-order valence-electron chi connectivity index (χ1n) is 13.4. The van der Waals surface area contributed by atoms with Crippen LogP contribution in [0.15, 0.2) is 122 Å². The summed E-state index contributed by atoms with van der Waals surface area (Å²) in [6, 6.07) is 32.3. The molecule has 0 heterocycles. The Labute approximate surface area is 237 Å². The molecule has 4 heteroatoms. The molecule has 0 spiro atoms. The maximum absolute atomic E-state index is 6.32. The molecule has 0 unspecified atom stereocenters. The van der Waals surface area contributed by atoms with Gasteiger partial charge in [-0.2, -0.15) is 0 Å². The van der Waals surface area contributed by atoms with Crippen LogP contribution in [0.5, 0.6) is 23.0 Å². The lowest BCUT2D eigenvalue weighted by Crippen LogP contribution is -2.06. The van der Waals surface area contributed by atoms with E-state index in [4.69, 9.17) is 18.9 Å². The van der Waals surface area contributed by atoms with Crippen molar-refractivity contribution in [1.82, 2.24) is 0 Å². The molecule has 0 aliphatic carbocycles. The molecule has 0 radical (unpaired) electrons. The van der Waals surface area contributed by atoms with Crippen LogP contribution in [0.1, 0.15) is 35.1 Å². The van der Waals surface area contributed by atoms with Gasteiger partial charge in [0, 0.05) is 33.4 Å². The van der Waals surface area contributed by atoms with Crippen LogP contribution in [-0.2, 0) is 0 Å². The Balaban J connectivity index is 2.15. The van der Waals surface area contributed by atoms with E-state index in [0.717, 1.165) is 69.2 Å². The largest absolute Gasteiger partial charge is 0.496 e. The van der Waals surface area contributed by atoms with E-state index in [9.17, 15) is 0 Å². The normalized spacial score (nSPS) is 11.2. The third kappa shape index (κ3) is 6.47. The van der Waals surface area contributed by atoms with Crippen molar-refractivity contribution < 1.29 is 18.9 Å². The summed E-state index contributed by atoms with van der Waals surface area (Å²) < 4.78 is 24.5. The predicted octanol–water partition coefficient (Wildman–Crippen LogP) is 8.62. The molecule has 0 atom stereocenters. The zero-order valence-corrected chi connectivity index (χ0v) is 23.3. The van der Waals surface area contributed by atoms with Crippen molar-refractivity contribution in [3.05, 3.63) is 145 Å². The van der Waals surface area contributed by atoms with Gasteiger partial charge >= 0.3 is 0 Å². The predicted molar refractivity (Wildman–Crippen MR) is 165 cm³/mol. The van der Waals surface area contributed by atoms with Crippen molar-refractivity contribution in [2.24, 2.45) is 0 Å². The number of hydrogen-bond acceptors (Lipinski definition) is 4. The highest BCUT2D eigenvalue weighted by atomic mass is 16.5. The lowest BCUT2D eigenvalue weighted by molar-refractivity contribution is 0.323. The Bertz CT molecular complexity index is 1360. The van der Waals surface area contributed by atoms with Crippen LogP contribution >= 0.6 is 0 Å². The molecule has 0 amide bonds. The van der Waals surface area contributed by atoms with Crippen LogP contribution < -0.4 is 18.9 Å². The van der Waals surface area contributed by atoms with E-state index in [1.165, 1.54) is 0 Å². The first-order chi connectivity index (χ1) is 19.7. The number of ether oxygens (including phenoxy) is 4. The molecule has 0 saturated heterocycles. The van der Waals surface area contributed by atoms with E-state index in [1.807, 2.05) is 84.9 Å². The molecule has 0 aliphatic heterocycles. The van der Waals surface area contributed by atoms with E-state index >= 15 is 0 Å². The third-order valence-electron chi connectivity index (χ3n) is 6.47. The van der Waals surface area contributed by atoms with Crippen molar-refractivity contribution in [2.45, 2.75) is 12.8 Å². The number of hydrogen-bond donors (Lipinski definition) is 0. The fourth-order valence-electron chi connectivity index (χ4n) is 4.63. The van der Waals surface area contributed by atoms with E-state index in [2.05, 4.69) is 37.4 Å². The SMILES string of the molecule is C=CCCOc1ccccc1/C(=C(\c1ccccc1OC)c1ccccc1OCCC=C)c1ccccc1OC. The summed E-state index contributed by atoms with van der Waals surface area (Å²) in [6.45, 7) is 8.73. The molecule has 0 fully saturated rings. The van der Waals surface area contributed by atoms with Gasteiger partial charge in [0.15, 0.2) is 0 Å². The summed E-state index contributed by atoms with van der Waals surface area (Å²) in [7, 11) is 3.39. The molecule has 0 N–H and O–H groups in total. The van der Waals surface area contributed by atoms with Crippen LogP contribution in [0.25, 0.3) is 11.1 Å². The topological polar surface area (TPSA) is 36.9 Å². The summed E-state index contributed by atoms with van der Waals surface area (Å²) in [5.41, 5.74) is 5.58. The molecule has 0 aromatic heterocycles. The quantitative estimate of drug-likeness (QED) is 0.0925. The maximum atomic E-state index is 6.32. The second-order valence-corrected chi connectivity index (χ2v) is 8.99. The van der Waals surface area contributed by atoms with Crippen LogP contribution in [0.4, 0.5) is 0 Å². The van der Waals surface area contributed by atoms with Crippen molar-refractivity contribution in [3.8, 4) is 23.0 Å². The Morgan fingerprint density at radius 1 is 0.500 bits per heavy atom. The second-order valence-electron chi connectivity index (χ2n) is 8.99. The molecule has 0 saturated carbocycles. The van der Waals surface area contributed by atoms with Crippen LogP contribution in [0.2, 0.25) is 0 Å². The van der Waals surface area contributed by atoms with E-state index in [0.29, 0.717) is 13.2 Å². The van der Waals surface area contributed by atoms with Gasteiger partial charge in [0.1, 0.15) is 23.0 Å². The minimum absolute atomic E-state index is 0.519. The number of methoxy groups -OCH3 is 2. The molecule has 0 bridgehead atoms. The van der Waals surface area contributed by atoms with Crippen molar-refractivity contribution in [3.63, 3.8) is 0 Å². The molecular formula is C36H36O4. The second kappa shape index (κ2) is 14.5. The number of benzene rings is 4. The Kier molecular flexibility index (Phi) is 10.2. The van der Waals surface area contributed by atoms with E-state index in [1.54, 1.807) is 14.2 Å².